The van der Waals surface area contributed by atoms with Crippen LogP contribution in [0.5, 0.6) is 0 Å². The van der Waals surface area contributed by atoms with Gasteiger partial charge in [-0.05, 0) is 32.0 Å². The summed E-state index contributed by atoms with van der Waals surface area (Å²) in [5, 5.41) is 3.18. The SMILES string of the molecule is CNC1CCCN(C(=O)C2CC(=O)N(c3ccc(F)cc3F)C2)C1.Cl. The average Bonchev–Trinajstić information content (AvgIpc) is 2.96. The van der Waals surface area contributed by atoms with Gasteiger partial charge in [0, 0.05) is 38.2 Å². The molecule has 2 aliphatic heterocycles. The monoisotopic (exact) mass is 373 g/mol. The van der Waals surface area contributed by atoms with Crippen LogP contribution in [0.15, 0.2) is 18.2 Å². The maximum absolute atomic E-state index is 13.9. The Kier molecular flexibility index (Phi) is 6.35. The number of carbonyl (C=O) groups excluding carboxylic acids is 2. The van der Waals surface area contributed by atoms with E-state index >= 15 is 0 Å². The fraction of sp³-hybridized carbons (Fsp3) is 0.529. The van der Waals surface area contributed by atoms with E-state index in [0.29, 0.717) is 13.1 Å². The van der Waals surface area contributed by atoms with E-state index < -0.39 is 17.6 Å². The van der Waals surface area contributed by atoms with E-state index in [2.05, 4.69) is 5.32 Å². The molecule has 2 unspecified atom stereocenters. The number of rotatable bonds is 3. The zero-order chi connectivity index (χ0) is 17.3. The minimum Gasteiger partial charge on any atom is -0.341 e. The van der Waals surface area contributed by atoms with Crippen molar-refractivity contribution in [2.24, 2.45) is 5.92 Å². The molecule has 0 saturated carbocycles. The molecule has 1 aromatic rings. The highest BCUT2D eigenvalue weighted by Crippen LogP contribution is 2.29. The maximum Gasteiger partial charge on any atom is 0.228 e. The molecule has 0 aromatic heterocycles. The van der Waals surface area contributed by atoms with Crippen LogP contribution in [0.2, 0.25) is 0 Å². The van der Waals surface area contributed by atoms with Crippen LogP contribution in [-0.2, 0) is 9.59 Å². The number of nitrogens with one attached hydrogen (secondary N) is 1. The van der Waals surface area contributed by atoms with Gasteiger partial charge >= 0.3 is 0 Å². The van der Waals surface area contributed by atoms with Crippen molar-refractivity contribution in [3.8, 4) is 0 Å². The van der Waals surface area contributed by atoms with Crippen molar-refractivity contribution in [2.45, 2.75) is 25.3 Å². The van der Waals surface area contributed by atoms with Gasteiger partial charge in [-0.3, -0.25) is 9.59 Å². The number of anilines is 1. The number of halogens is 3. The number of nitrogens with zero attached hydrogens (tertiary/aromatic N) is 2. The molecule has 25 heavy (non-hydrogen) atoms. The fourth-order valence-electron chi connectivity index (χ4n) is 3.48. The molecule has 2 heterocycles. The second-order valence-electron chi connectivity index (χ2n) is 6.41. The molecule has 2 amide bonds. The van der Waals surface area contributed by atoms with E-state index in [1.54, 1.807) is 4.90 Å². The quantitative estimate of drug-likeness (QED) is 0.881. The van der Waals surface area contributed by atoms with Crippen LogP contribution < -0.4 is 10.2 Å². The van der Waals surface area contributed by atoms with Crippen LogP contribution in [0.4, 0.5) is 14.5 Å². The first-order valence-electron chi connectivity index (χ1n) is 8.21. The van der Waals surface area contributed by atoms with Gasteiger partial charge in [-0.25, -0.2) is 8.78 Å². The van der Waals surface area contributed by atoms with Gasteiger partial charge in [0.1, 0.15) is 11.6 Å². The Morgan fingerprint density at radius 1 is 1.28 bits per heavy atom. The Morgan fingerprint density at radius 3 is 2.72 bits per heavy atom. The summed E-state index contributed by atoms with van der Waals surface area (Å²) in [7, 11) is 1.87. The lowest BCUT2D eigenvalue weighted by molar-refractivity contribution is -0.137. The third-order valence-corrected chi connectivity index (χ3v) is 4.82. The minimum atomic E-state index is -0.787. The first kappa shape index (κ1) is 19.6. The standard InChI is InChI=1S/C17H21F2N3O2.ClH/c1-20-13-3-2-6-21(10-13)17(24)11-7-16(23)22(9-11)15-5-4-12(18)8-14(15)19;/h4-5,8,11,13,20H,2-3,6-7,9-10H2,1H3;1H. The van der Waals surface area contributed by atoms with Gasteiger partial charge in [0.2, 0.25) is 11.8 Å². The summed E-state index contributed by atoms with van der Waals surface area (Å²) in [5.41, 5.74) is 0.0310. The Labute approximate surface area is 151 Å². The third-order valence-electron chi connectivity index (χ3n) is 4.82. The van der Waals surface area contributed by atoms with Crippen molar-refractivity contribution in [3.63, 3.8) is 0 Å². The first-order chi connectivity index (χ1) is 11.5. The van der Waals surface area contributed by atoms with Crippen LogP contribution in [-0.4, -0.2) is 49.4 Å². The molecule has 8 heteroatoms. The smallest absolute Gasteiger partial charge is 0.228 e. The second-order valence-corrected chi connectivity index (χ2v) is 6.41. The van der Waals surface area contributed by atoms with Gasteiger partial charge in [0.25, 0.3) is 0 Å². The lowest BCUT2D eigenvalue weighted by atomic mass is 10.0. The average molecular weight is 374 g/mol. The van der Waals surface area contributed by atoms with Crippen molar-refractivity contribution in [1.29, 1.82) is 0 Å². The molecule has 1 aromatic carbocycles. The summed E-state index contributed by atoms with van der Waals surface area (Å²) in [5.74, 6) is -2.32. The molecule has 5 nitrogen and oxygen atoms in total. The van der Waals surface area contributed by atoms with Gasteiger partial charge in [-0.15, -0.1) is 12.4 Å². The highest BCUT2D eigenvalue weighted by Gasteiger charge is 2.39. The number of hydrogen-bond donors (Lipinski definition) is 1. The van der Waals surface area contributed by atoms with E-state index in [1.165, 1.54) is 11.0 Å². The van der Waals surface area contributed by atoms with Crippen LogP contribution in [0, 0.1) is 17.6 Å². The first-order valence-corrected chi connectivity index (χ1v) is 8.21. The summed E-state index contributed by atoms with van der Waals surface area (Å²) in [6.07, 6.45) is 2.02. The molecule has 2 saturated heterocycles. The number of piperidine rings is 1. The summed E-state index contributed by atoms with van der Waals surface area (Å²) in [6, 6.07) is 3.38. The molecule has 138 valence electrons. The van der Waals surface area contributed by atoms with Crippen molar-refractivity contribution >= 4 is 29.9 Å². The number of benzene rings is 1. The largest absolute Gasteiger partial charge is 0.341 e. The van der Waals surface area contributed by atoms with Gasteiger partial charge in [-0.2, -0.15) is 0 Å². The Bertz CT molecular complexity index is 659. The van der Waals surface area contributed by atoms with E-state index in [-0.39, 0.29) is 48.9 Å². The zero-order valence-corrected chi connectivity index (χ0v) is 14.8. The number of amides is 2. The summed E-state index contributed by atoms with van der Waals surface area (Å²) in [6.45, 7) is 1.46. The van der Waals surface area contributed by atoms with Crippen LogP contribution in [0.3, 0.4) is 0 Å². The van der Waals surface area contributed by atoms with Crippen LogP contribution in [0.1, 0.15) is 19.3 Å². The van der Waals surface area contributed by atoms with E-state index in [0.717, 1.165) is 25.0 Å². The third kappa shape index (κ3) is 4.10. The Hall–Kier alpha value is -1.73. The molecule has 3 rings (SSSR count). The van der Waals surface area contributed by atoms with Gasteiger partial charge in [0.05, 0.1) is 11.6 Å². The topological polar surface area (TPSA) is 52.7 Å². The molecule has 0 radical (unpaired) electrons. The summed E-state index contributed by atoms with van der Waals surface area (Å²) in [4.78, 5) is 27.9. The van der Waals surface area contributed by atoms with Gasteiger partial charge in [0.15, 0.2) is 0 Å². The molecular weight excluding hydrogens is 352 g/mol. The van der Waals surface area contributed by atoms with Crippen molar-refractivity contribution in [1.82, 2.24) is 10.2 Å². The fourth-order valence-corrected chi connectivity index (χ4v) is 3.48. The molecule has 2 aliphatic rings. The predicted octanol–water partition coefficient (Wildman–Crippen LogP) is 1.95. The van der Waals surface area contributed by atoms with E-state index in [9.17, 15) is 18.4 Å². The van der Waals surface area contributed by atoms with Crippen molar-refractivity contribution < 1.29 is 18.4 Å². The van der Waals surface area contributed by atoms with Crippen molar-refractivity contribution in [2.75, 3.05) is 31.6 Å². The second kappa shape index (κ2) is 8.10. The van der Waals surface area contributed by atoms with Crippen LogP contribution in [0.25, 0.3) is 0 Å². The van der Waals surface area contributed by atoms with Crippen LogP contribution >= 0.6 is 12.4 Å². The number of hydrogen-bond acceptors (Lipinski definition) is 3. The predicted molar refractivity (Wildman–Crippen MR) is 92.7 cm³/mol. The van der Waals surface area contributed by atoms with E-state index in [1.807, 2.05) is 7.05 Å². The number of likely N-dealkylation sites (tertiary alicyclic amines) is 1. The Morgan fingerprint density at radius 2 is 2.04 bits per heavy atom. The van der Waals surface area contributed by atoms with E-state index in [4.69, 9.17) is 0 Å². The number of likely N-dealkylation sites (N-methyl/N-ethyl adjacent to an activating group) is 1. The highest BCUT2D eigenvalue weighted by atomic mass is 35.5. The molecular formula is C17H22ClF2N3O2. The van der Waals surface area contributed by atoms with Gasteiger partial charge in [-0.1, -0.05) is 0 Å². The lowest BCUT2D eigenvalue weighted by Crippen LogP contribution is -2.49. The van der Waals surface area contributed by atoms with Gasteiger partial charge < -0.3 is 15.1 Å². The normalized spacial score (nSPS) is 23.6. The Balaban J connectivity index is 0.00000225. The summed E-state index contributed by atoms with van der Waals surface area (Å²) >= 11 is 0. The highest BCUT2D eigenvalue weighted by molar-refractivity contribution is 6.00. The lowest BCUT2D eigenvalue weighted by Gasteiger charge is -2.34. The molecule has 1 N–H and O–H groups in total. The van der Waals surface area contributed by atoms with Crippen molar-refractivity contribution in [3.05, 3.63) is 29.8 Å². The molecule has 2 fully saturated rings. The minimum absolute atomic E-state index is 0. The molecule has 0 aliphatic carbocycles. The molecule has 0 spiro atoms. The number of carbonyl (C=O) groups is 2. The summed E-state index contributed by atoms with van der Waals surface area (Å²) < 4.78 is 27.0. The molecule has 0 bridgehead atoms. The molecule has 2 atom stereocenters. The maximum atomic E-state index is 13.9. The zero-order valence-electron chi connectivity index (χ0n) is 14.0.